The molecule has 2 rings (SSSR count). The molecule has 0 N–H and O–H groups in total. The van der Waals surface area contributed by atoms with Gasteiger partial charge in [-0.25, -0.2) is 4.68 Å². The monoisotopic (exact) mass is 274 g/mol. The van der Waals surface area contributed by atoms with Gasteiger partial charge in [-0.05, 0) is 39.5 Å². The van der Waals surface area contributed by atoms with Gasteiger partial charge in [0.15, 0.2) is 0 Å². The number of aryl methyl sites for hydroxylation is 1. The van der Waals surface area contributed by atoms with Crippen LogP contribution in [0.5, 0.6) is 0 Å². The van der Waals surface area contributed by atoms with E-state index in [1.807, 2.05) is 13.8 Å². The van der Waals surface area contributed by atoms with E-state index in [9.17, 15) is 4.79 Å². The Morgan fingerprint density at radius 2 is 2.10 bits per heavy atom. The van der Waals surface area contributed by atoms with Crippen molar-refractivity contribution in [2.24, 2.45) is 5.41 Å². The molecule has 1 saturated heterocycles. The Kier molecular flexibility index (Phi) is 4.43. The maximum Gasteiger partial charge on any atom is 0.268 e. The first kappa shape index (κ1) is 14.6. The molecule has 0 atom stereocenters. The molecule has 0 bridgehead atoms. The molecule has 1 aromatic heterocycles. The Labute approximate surface area is 119 Å². The first-order valence-corrected chi connectivity index (χ1v) is 7.25. The summed E-state index contributed by atoms with van der Waals surface area (Å²) in [7, 11) is 0. The highest BCUT2D eigenvalue weighted by atomic mass is 16.1. The Morgan fingerprint density at radius 3 is 2.70 bits per heavy atom. The fourth-order valence-corrected chi connectivity index (χ4v) is 2.47. The van der Waals surface area contributed by atoms with Gasteiger partial charge in [-0.15, -0.1) is 0 Å². The summed E-state index contributed by atoms with van der Waals surface area (Å²) in [4.78, 5) is 14.2. The molecule has 5 heteroatoms. The number of hydrogen-bond acceptors (Lipinski definition) is 4. The lowest BCUT2D eigenvalue weighted by Crippen LogP contribution is -2.26. The molecule has 0 radical (unpaired) electrons. The largest absolute Gasteiger partial charge is 0.370 e. The highest BCUT2D eigenvalue weighted by Crippen LogP contribution is 2.21. The highest BCUT2D eigenvalue weighted by Gasteiger charge is 2.16. The van der Waals surface area contributed by atoms with Gasteiger partial charge < -0.3 is 4.90 Å². The van der Waals surface area contributed by atoms with Crippen LogP contribution in [0.15, 0.2) is 17.1 Å². The molecule has 1 aliphatic heterocycles. The first-order chi connectivity index (χ1) is 9.52. The zero-order chi connectivity index (χ0) is 14.6. The van der Waals surface area contributed by atoms with Crippen molar-refractivity contribution >= 4 is 5.69 Å². The van der Waals surface area contributed by atoms with Crippen LogP contribution in [-0.4, -0.2) is 22.9 Å². The topological polar surface area (TPSA) is 61.9 Å². The average Bonchev–Trinajstić information content (AvgIpc) is 2.94. The van der Waals surface area contributed by atoms with Crippen LogP contribution >= 0.6 is 0 Å². The summed E-state index contributed by atoms with van der Waals surface area (Å²) in [6, 6.07) is 3.95. The van der Waals surface area contributed by atoms with Gasteiger partial charge >= 0.3 is 0 Å². The maximum absolute atomic E-state index is 12.0. The minimum atomic E-state index is -0.334. The second-order valence-corrected chi connectivity index (χ2v) is 6.07. The quantitative estimate of drug-likeness (QED) is 0.825. The van der Waals surface area contributed by atoms with Crippen molar-refractivity contribution in [1.82, 2.24) is 9.78 Å². The molecule has 0 amide bonds. The minimum Gasteiger partial charge on any atom is -0.370 e. The van der Waals surface area contributed by atoms with Crippen molar-refractivity contribution in [3.05, 3.63) is 22.6 Å². The van der Waals surface area contributed by atoms with Crippen LogP contribution in [0.2, 0.25) is 0 Å². The van der Waals surface area contributed by atoms with Crippen LogP contribution in [0.4, 0.5) is 5.69 Å². The minimum absolute atomic E-state index is 0.0517. The fraction of sp³-hybridized carbons (Fsp3) is 0.667. The number of anilines is 1. The number of nitriles is 1. The van der Waals surface area contributed by atoms with Crippen molar-refractivity contribution in [1.29, 1.82) is 5.26 Å². The first-order valence-electron chi connectivity index (χ1n) is 7.25. The number of aromatic nitrogens is 2. The van der Waals surface area contributed by atoms with Crippen molar-refractivity contribution in [3.63, 3.8) is 0 Å². The van der Waals surface area contributed by atoms with Crippen molar-refractivity contribution in [3.8, 4) is 6.07 Å². The summed E-state index contributed by atoms with van der Waals surface area (Å²) in [6.07, 6.45) is 5.71. The van der Waals surface area contributed by atoms with E-state index in [0.29, 0.717) is 6.54 Å². The molecule has 0 saturated carbocycles. The Morgan fingerprint density at radius 1 is 1.40 bits per heavy atom. The van der Waals surface area contributed by atoms with Crippen LogP contribution in [0.25, 0.3) is 0 Å². The van der Waals surface area contributed by atoms with E-state index in [1.54, 1.807) is 12.3 Å². The molecule has 108 valence electrons. The highest BCUT2D eigenvalue weighted by molar-refractivity contribution is 5.43. The van der Waals surface area contributed by atoms with E-state index >= 15 is 0 Å². The lowest BCUT2D eigenvalue weighted by molar-refractivity contribution is 0.402. The number of hydrogen-bond donors (Lipinski definition) is 0. The molecular weight excluding hydrogens is 252 g/mol. The van der Waals surface area contributed by atoms with E-state index in [2.05, 4.69) is 16.1 Å². The SMILES string of the molecule is CC(C)(C#N)CCCn1ncc(N2CCCC2)cc1=O. The zero-order valence-corrected chi connectivity index (χ0v) is 12.3. The molecule has 0 aliphatic carbocycles. The van der Waals surface area contributed by atoms with Crippen molar-refractivity contribution < 1.29 is 0 Å². The van der Waals surface area contributed by atoms with Gasteiger partial charge in [0.2, 0.25) is 0 Å². The molecular formula is C15H22N4O. The van der Waals surface area contributed by atoms with Crippen LogP contribution in [-0.2, 0) is 6.54 Å². The third kappa shape index (κ3) is 3.60. The summed E-state index contributed by atoms with van der Waals surface area (Å²) in [6.45, 7) is 6.44. The molecule has 2 heterocycles. The molecule has 1 fully saturated rings. The summed E-state index contributed by atoms with van der Waals surface area (Å²) < 4.78 is 1.49. The zero-order valence-electron chi connectivity index (χ0n) is 12.3. The van der Waals surface area contributed by atoms with Gasteiger partial charge in [-0.3, -0.25) is 4.79 Å². The van der Waals surface area contributed by atoms with E-state index in [-0.39, 0.29) is 11.0 Å². The van der Waals surface area contributed by atoms with E-state index in [0.717, 1.165) is 31.6 Å². The van der Waals surface area contributed by atoms with Crippen LogP contribution in [0, 0.1) is 16.7 Å². The molecule has 0 unspecified atom stereocenters. The Bertz CT molecular complexity index is 550. The van der Waals surface area contributed by atoms with Crippen LogP contribution < -0.4 is 10.5 Å². The molecule has 1 aliphatic rings. The van der Waals surface area contributed by atoms with Crippen molar-refractivity contribution in [2.75, 3.05) is 18.0 Å². The lowest BCUT2D eigenvalue weighted by Gasteiger charge is -2.17. The lowest BCUT2D eigenvalue weighted by atomic mass is 9.90. The van der Waals surface area contributed by atoms with Gasteiger partial charge in [0.05, 0.1) is 23.4 Å². The third-order valence-corrected chi connectivity index (χ3v) is 3.80. The predicted molar refractivity (Wildman–Crippen MR) is 78.6 cm³/mol. The van der Waals surface area contributed by atoms with Gasteiger partial charge in [0.1, 0.15) is 0 Å². The number of rotatable bonds is 5. The molecule has 20 heavy (non-hydrogen) atoms. The van der Waals surface area contributed by atoms with Crippen LogP contribution in [0.1, 0.15) is 39.5 Å². The second-order valence-electron chi connectivity index (χ2n) is 6.07. The smallest absolute Gasteiger partial charge is 0.268 e. The Hall–Kier alpha value is -1.83. The summed E-state index contributed by atoms with van der Waals surface area (Å²) >= 11 is 0. The van der Waals surface area contributed by atoms with Gasteiger partial charge in [0.25, 0.3) is 5.56 Å². The second kappa shape index (κ2) is 6.08. The van der Waals surface area contributed by atoms with Crippen LogP contribution in [0.3, 0.4) is 0 Å². The fourth-order valence-electron chi connectivity index (χ4n) is 2.47. The predicted octanol–water partition coefficient (Wildman–Crippen LogP) is 2.17. The average molecular weight is 274 g/mol. The van der Waals surface area contributed by atoms with Gasteiger partial charge in [-0.2, -0.15) is 10.4 Å². The van der Waals surface area contributed by atoms with Gasteiger partial charge in [-0.1, -0.05) is 0 Å². The molecule has 5 nitrogen and oxygen atoms in total. The Balaban J connectivity index is 1.96. The standard InChI is InChI=1S/C15H22N4O/c1-15(2,12-16)6-5-9-19-14(20)10-13(11-17-19)18-7-3-4-8-18/h10-11H,3-9H2,1-2H3. The molecule has 1 aromatic rings. The maximum atomic E-state index is 12.0. The summed E-state index contributed by atoms with van der Waals surface area (Å²) in [5.74, 6) is 0. The summed E-state index contributed by atoms with van der Waals surface area (Å²) in [5, 5.41) is 13.2. The third-order valence-electron chi connectivity index (χ3n) is 3.80. The molecule has 0 aromatic carbocycles. The molecule has 0 spiro atoms. The van der Waals surface area contributed by atoms with Gasteiger partial charge in [0, 0.05) is 25.7 Å². The summed E-state index contributed by atoms with van der Waals surface area (Å²) in [5.41, 5.74) is 0.546. The van der Waals surface area contributed by atoms with E-state index < -0.39 is 0 Å². The number of nitrogens with zero attached hydrogens (tertiary/aromatic N) is 4. The van der Waals surface area contributed by atoms with E-state index in [1.165, 1.54) is 17.5 Å². The van der Waals surface area contributed by atoms with Crippen molar-refractivity contribution in [2.45, 2.75) is 46.1 Å². The van der Waals surface area contributed by atoms with E-state index in [4.69, 9.17) is 5.26 Å². The normalized spacial score (nSPS) is 15.3.